The number of benzene rings is 1. The lowest BCUT2D eigenvalue weighted by Crippen LogP contribution is -1.99. The fourth-order valence-electron chi connectivity index (χ4n) is 1.32. The Balaban J connectivity index is 2.43. The Bertz CT molecular complexity index is 423. The van der Waals surface area contributed by atoms with Crippen molar-refractivity contribution in [2.24, 2.45) is 5.73 Å². The Morgan fingerprint density at radius 1 is 1.21 bits per heavy atom. The van der Waals surface area contributed by atoms with Gasteiger partial charge in [-0.05, 0) is 17.7 Å². The summed E-state index contributed by atoms with van der Waals surface area (Å²) in [6.45, 7) is 0.220. The minimum Gasteiger partial charge on any atom is -0.472 e. The van der Waals surface area contributed by atoms with Crippen LogP contribution in [0.25, 0.3) is 11.1 Å². The Labute approximate surface area is 81.2 Å². The largest absolute Gasteiger partial charge is 0.472 e. The average Bonchev–Trinajstić information content (AvgIpc) is 2.70. The molecule has 72 valence electrons. The summed E-state index contributed by atoms with van der Waals surface area (Å²) in [6, 6.07) is 6.78. The fourth-order valence-corrected chi connectivity index (χ4v) is 1.32. The van der Waals surface area contributed by atoms with Gasteiger partial charge in [0.25, 0.3) is 0 Å². The number of furan rings is 1. The van der Waals surface area contributed by atoms with E-state index in [4.69, 9.17) is 10.2 Å². The molecule has 0 amide bonds. The first kappa shape index (κ1) is 8.97. The molecule has 1 heterocycles. The van der Waals surface area contributed by atoms with Crippen molar-refractivity contribution in [1.29, 1.82) is 0 Å². The van der Waals surface area contributed by atoms with Crippen molar-refractivity contribution >= 4 is 0 Å². The van der Waals surface area contributed by atoms with E-state index in [0.717, 1.165) is 11.1 Å². The van der Waals surface area contributed by atoms with Gasteiger partial charge < -0.3 is 10.2 Å². The Morgan fingerprint density at radius 3 is 2.64 bits per heavy atom. The number of rotatable bonds is 2. The molecule has 1 aromatic heterocycles. The van der Waals surface area contributed by atoms with E-state index < -0.39 is 0 Å². The van der Waals surface area contributed by atoms with Gasteiger partial charge in [0, 0.05) is 17.7 Å². The van der Waals surface area contributed by atoms with E-state index in [1.807, 2.05) is 6.07 Å². The fraction of sp³-hybridized carbons (Fsp3) is 0.0909. The normalized spacial score (nSPS) is 10.4. The second-order valence-electron chi connectivity index (χ2n) is 3.02. The van der Waals surface area contributed by atoms with Crippen molar-refractivity contribution in [3.63, 3.8) is 0 Å². The molecule has 0 aliphatic carbocycles. The summed E-state index contributed by atoms with van der Waals surface area (Å²) in [6.07, 6.45) is 3.14. The van der Waals surface area contributed by atoms with Crippen LogP contribution in [0.5, 0.6) is 0 Å². The quantitative estimate of drug-likeness (QED) is 0.792. The molecule has 0 saturated carbocycles. The van der Waals surface area contributed by atoms with Gasteiger partial charge in [-0.3, -0.25) is 0 Å². The van der Waals surface area contributed by atoms with E-state index in [2.05, 4.69) is 0 Å². The van der Waals surface area contributed by atoms with Crippen LogP contribution in [0.4, 0.5) is 4.39 Å². The Kier molecular flexibility index (Phi) is 2.33. The molecule has 0 radical (unpaired) electrons. The molecular weight excluding hydrogens is 181 g/mol. The molecule has 0 saturated heterocycles. The first-order valence-electron chi connectivity index (χ1n) is 4.32. The highest BCUT2D eigenvalue weighted by atomic mass is 19.1. The van der Waals surface area contributed by atoms with Gasteiger partial charge in [-0.15, -0.1) is 0 Å². The van der Waals surface area contributed by atoms with Crippen LogP contribution in [0.2, 0.25) is 0 Å². The highest BCUT2D eigenvalue weighted by Gasteiger charge is 2.04. The third-order valence-electron chi connectivity index (χ3n) is 2.13. The van der Waals surface area contributed by atoms with E-state index in [1.165, 1.54) is 6.07 Å². The Morgan fingerprint density at radius 2 is 2.07 bits per heavy atom. The molecule has 0 bridgehead atoms. The minimum atomic E-state index is -0.272. The summed E-state index contributed by atoms with van der Waals surface area (Å²) in [5.41, 5.74) is 7.55. The second-order valence-corrected chi connectivity index (χ2v) is 3.02. The highest BCUT2D eigenvalue weighted by molar-refractivity contribution is 5.62. The van der Waals surface area contributed by atoms with Gasteiger partial charge in [0.15, 0.2) is 0 Å². The van der Waals surface area contributed by atoms with Gasteiger partial charge in [0.2, 0.25) is 0 Å². The van der Waals surface area contributed by atoms with Gasteiger partial charge >= 0.3 is 0 Å². The molecule has 0 aliphatic heterocycles. The van der Waals surface area contributed by atoms with Crippen LogP contribution in [0.15, 0.2) is 41.2 Å². The van der Waals surface area contributed by atoms with E-state index in [-0.39, 0.29) is 12.4 Å². The van der Waals surface area contributed by atoms with Gasteiger partial charge in [-0.1, -0.05) is 12.1 Å². The topological polar surface area (TPSA) is 39.2 Å². The van der Waals surface area contributed by atoms with Crippen LogP contribution in [0, 0.1) is 5.82 Å². The molecular formula is C11H10FNO. The van der Waals surface area contributed by atoms with Crippen molar-refractivity contribution in [3.8, 4) is 11.1 Å². The SMILES string of the molecule is NCc1ccc(-c2ccoc2)cc1F. The number of hydrogen-bond acceptors (Lipinski definition) is 2. The molecule has 14 heavy (non-hydrogen) atoms. The number of halogens is 1. The van der Waals surface area contributed by atoms with E-state index >= 15 is 0 Å². The van der Waals surface area contributed by atoms with Crippen molar-refractivity contribution in [2.75, 3.05) is 0 Å². The third-order valence-corrected chi connectivity index (χ3v) is 2.13. The van der Waals surface area contributed by atoms with Gasteiger partial charge in [0.1, 0.15) is 5.82 Å². The monoisotopic (exact) mass is 191 g/mol. The van der Waals surface area contributed by atoms with Crippen LogP contribution < -0.4 is 5.73 Å². The molecule has 0 unspecified atom stereocenters. The molecule has 0 atom stereocenters. The maximum absolute atomic E-state index is 13.3. The second kappa shape index (κ2) is 3.64. The zero-order valence-electron chi connectivity index (χ0n) is 7.53. The zero-order valence-corrected chi connectivity index (χ0v) is 7.53. The van der Waals surface area contributed by atoms with Gasteiger partial charge in [0.05, 0.1) is 12.5 Å². The van der Waals surface area contributed by atoms with Crippen LogP contribution in [0.1, 0.15) is 5.56 Å². The average molecular weight is 191 g/mol. The molecule has 2 rings (SSSR count). The molecule has 2 nitrogen and oxygen atoms in total. The summed E-state index contributed by atoms with van der Waals surface area (Å²) in [5, 5.41) is 0. The van der Waals surface area contributed by atoms with Crippen molar-refractivity contribution in [1.82, 2.24) is 0 Å². The van der Waals surface area contributed by atoms with Crippen LogP contribution in [-0.2, 0) is 6.54 Å². The molecule has 0 aliphatic rings. The van der Waals surface area contributed by atoms with E-state index in [0.29, 0.717) is 5.56 Å². The van der Waals surface area contributed by atoms with Crippen LogP contribution >= 0.6 is 0 Å². The first-order chi connectivity index (χ1) is 6.81. The minimum absolute atomic E-state index is 0.220. The third kappa shape index (κ3) is 1.54. The maximum Gasteiger partial charge on any atom is 0.128 e. The van der Waals surface area contributed by atoms with Gasteiger partial charge in [-0.25, -0.2) is 4.39 Å². The predicted octanol–water partition coefficient (Wildman–Crippen LogP) is 2.54. The molecule has 2 N–H and O–H groups in total. The number of nitrogens with two attached hydrogens (primary N) is 1. The molecule has 3 heteroatoms. The smallest absolute Gasteiger partial charge is 0.128 e. The van der Waals surface area contributed by atoms with Crippen molar-refractivity contribution in [3.05, 3.63) is 48.2 Å². The lowest BCUT2D eigenvalue weighted by molar-refractivity contribution is 0.568. The lowest BCUT2D eigenvalue weighted by Gasteiger charge is -2.01. The molecule has 2 aromatic rings. The summed E-state index contributed by atoms with van der Waals surface area (Å²) in [4.78, 5) is 0. The predicted molar refractivity (Wildman–Crippen MR) is 52.0 cm³/mol. The summed E-state index contributed by atoms with van der Waals surface area (Å²) >= 11 is 0. The van der Waals surface area contributed by atoms with Crippen LogP contribution in [0.3, 0.4) is 0 Å². The Hall–Kier alpha value is -1.61. The highest BCUT2D eigenvalue weighted by Crippen LogP contribution is 2.21. The summed E-state index contributed by atoms with van der Waals surface area (Å²) < 4.78 is 18.2. The van der Waals surface area contributed by atoms with Gasteiger partial charge in [-0.2, -0.15) is 0 Å². The van der Waals surface area contributed by atoms with Crippen molar-refractivity contribution < 1.29 is 8.81 Å². The zero-order chi connectivity index (χ0) is 9.97. The van der Waals surface area contributed by atoms with Crippen molar-refractivity contribution in [2.45, 2.75) is 6.54 Å². The molecule has 0 fully saturated rings. The summed E-state index contributed by atoms with van der Waals surface area (Å²) in [5.74, 6) is -0.272. The first-order valence-corrected chi connectivity index (χ1v) is 4.32. The molecule has 0 spiro atoms. The maximum atomic E-state index is 13.3. The number of hydrogen-bond donors (Lipinski definition) is 1. The lowest BCUT2D eigenvalue weighted by atomic mass is 10.1. The standard InChI is InChI=1S/C11H10FNO/c12-11-5-8(1-2-9(11)6-13)10-3-4-14-7-10/h1-5,7H,6,13H2. The van der Waals surface area contributed by atoms with E-state index in [1.54, 1.807) is 24.7 Å². The van der Waals surface area contributed by atoms with Crippen LogP contribution in [-0.4, -0.2) is 0 Å². The summed E-state index contributed by atoms with van der Waals surface area (Å²) in [7, 11) is 0. The molecule has 1 aromatic carbocycles. The van der Waals surface area contributed by atoms with E-state index in [9.17, 15) is 4.39 Å².